The first-order chi connectivity index (χ1) is 10.7. The minimum absolute atomic E-state index is 0.00651. The molecule has 1 aliphatic rings. The molecule has 0 bridgehead atoms. The summed E-state index contributed by atoms with van der Waals surface area (Å²) in [6, 6.07) is 7.81. The first-order valence-corrected chi connectivity index (χ1v) is 7.15. The fourth-order valence-electron chi connectivity index (χ4n) is 2.73. The van der Waals surface area contributed by atoms with E-state index in [4.69, 9.17) is 16.3 Å². The number of ether oxygens (including phenoxy) is 1. The summed E-state index contributed by atoms with van der Waals surface area (Å²) in [7, 11) is 0. The predicted molar refractivity (Wildman–Crippen MR) is 81.5 cm³/mol. The van der Waals surface area contributed by atoms with E-state index in [1.165, 1.54) is 12.1 Å². The van der Waals surface area contributed by atoms with Gasteiger partial charge in [0.2, 0.25) is 5.88 Å². The number of hydrogen-bond acceptors (Lipinski definition) is 3. The van der Waals surface area contributed by atoms with Gasteiger partial charge in [-0.05, 0) is 30.3 Å². The molecule has 3 heterocycles. The Balaban J connectivity index is 2.15. The number of benzene rings is 1. The van der Waals surface area contributed by atoms with Gasteiger partial charge in [0.05, 0.1) is 28.3 Å². The molecule has 22 heavy (non-hydrogen) atoms. The summed E-state index contributed by atoms with van der Waals surface area (Å²) in [6.45, 7) is 0.440. The quantitative estimate of drug-likeness (QED) is 0.693. The molecule has 1 aliphatic heterocycles. The smallest absolute Gasteiger partial charge is 0.207 e. The van der Waals surface area contributed by atoms with Gasteiger partial charge in [-0.1, -0.05) is 11.6 Å². The Morgan fingerprint density at radius 2 is 2.18 bits per heavy atom. The Labute approximate surface area is 129 Å². The highest BCUT2D eigenvalue weighted by Gasteiger charge is 2.24. The van der Waals surface area contributed by atoms with Crippen molar-refractivity contribution in [1.29, 1.82) is 0 Å². The number of hydrogen-bond donors (Lipinski definition) is 0. The zero-order chi connectivity index (χ0) is 15.3. The number of pyridine rings is 2. The number of halogens is 2. The topological polar surface area (TPSA) is 44.1 Å². The third-order valence-electron chi connectivity index (χ3n) is 3.73. The Kier molecular flexibility index (Phi) is 2.90. The fourth-order valence-corrected chi connectivity index (χ4v) is 2.90. The molecule has 0 atom stereocenters. The van der Waals surface area contributed by atoms with Crippen molar-refractivity contribution in [2.24, 2.45) is 0 Å². The average Bonchev–Trinajstić information content (AvgIpc) is 3.00. The molecular weight excluding hydrogens is 307 g/mol. The molecule has 0 fully saturated rings. The van der Waals surface area contributed by atoms with Crippen LogP contribution in [-0.2, 0) is 6.42 Å². The zero-order valence-electron chi connectivity index (χ0n) is 11.3. The van der Waals surface area contributed by atoms with Gasteiger partial charge < -0.3 is 4.74 Å². The van der Waals surface area contributed by atoms with Crippen LogP contribution in [0.15, 0.2) is 41.3 Å². The van der Waals surface area contributed by atoms with E-state index in [2.05, 4.69) is 4.98 Å². The van der Waals surface area contributed by atoms with E-state index in [1.54, 1.807) is 29.0 Å². The highest BCUT2D eigenvalue weighted by Crippen LogP contribution is 2.31. The van der Waals surface area contributed by atoms with E-state index in [-0.39, 0.29) is 10.5 Å². The summed E-state index contributed by atoms with van der Waals surface area (Å²) in [5, 5.41) is 0.513. The van der Waals surface area contributed by atoms with Gasteiger partial charge in [-0.2, -0.15) is 0 Å². The standard InChI is InChI=1S/C16H10ClFN2O2/c17-12-8-9(3-4-13(12)18)20-15-10(2-1-6-19-15)14(21)11-5-7-22-16(11)20/h1-4,6,8H,5,7H2. The Morgan fingerprint density at radius 1 is 1.32 bits per heavy atom. The van der Waals surface area contributed by atoms with E-state index in [9.17, 15) is 9.18 Å². The first-order valence-electron chi connectivity index (χ1n) is 6.77. The third-order valence-corrected chi connectivity index (χ3v) is 4.02. The monoisotopic (exact) mass is 316 g/mol. The first kappa shape index (κ1) is 13.3. The highest BCUT2D eigenvalue weighted by molar-refractivity contribution is 6.30. The van der Waals surface area contributed by atoms with E-state index in [1.807, 2.05) is 0 Å². The Morgan fingerprint density at radius 3 is 3.00 bits per heavy atom. The van der Waals surface area contributed by atoms with Gasteiger partial charge in [-0.3, -0.25) is 9.36 Å². The third kappa shape index (κ3) is 1.82. The molecule has 110 valence electrons. The maximum Gasteiger partial charge on any atom is 0.207 e. The molecule has 3 aromatic rings. The molecule has 4 rings (SSSR count). The fraction of sp³-hybridized carbons (Fsp3) is 0.125. The number of aromatic nitrogens is 2. The lowest BCUT2D eigenvalue weighted by Gasteiger charge is -2.15. The van der Waals surface area contributed by atoms with Crippen LogP contribution < -0.4 is 10.2 Å². The molecule has 0 saturated carbocycles. The lowest BCUT2D eigenvalue weighted by Crippen LogP contribution is -2.14. The maximum absolute atomic E-state index is 13.4. The van der Waals surface area contributed by atoms with Crippen LogP contribution in [0.2, 0.25) is 5.02 Å². The number of fused-ring (bicyclic) bond motifs is 2. The normalized spacial score (nSPS) is 13.2. The van der Waals surface area contributed by atoms with Crippen molar-refractivity contribution in [3.63, 3.8) is 0 Å². The summed E-state index contributed by atoms with van der Waals surface area (Å²) in [4.78, 5) is 16.8. The zero-order valence-corrected chi connectivity index (χ0v) is 12.1. The second kappa shape index (κ2) is 4.81. The number of rotatable bonds is 1. The SMILES string of the molecule is O=c1c2c(n(-c3ccc(F)c(Cl)c3)c3ncccc13)OCC2. The minimum atomic E-state index is -0.499. The van der Waals surface area contributed by atoms with Crippen molar-refractivity contribution in [3.05, 3.63) is 63.2 Å². The summed E-state index contributed by atoms with van der Waals surface area (Å²) in [5.74, 6) is -0.0415. The van der Waals surface area contributed by atoms with E-state index >= 15 is 0 Å². The molecule has 0 spiro atoms. The van der Waals surface area contributed by atoms with Crippen molar-refractivity contribution >= 4 is 22.6 Å². The van der Waals surface area contributed by atoms with Crippen LogP contribution in [0.1, 0.15) is 5.56 Å². The molecule has 2 aromatic heterocycles. The number of nitrogens with zero attached hydrogens (tertiary/aromatic N) is 2. The summed E-state index contributed by atoms with van der Waals surface area (Å²) >= 11 is 5.89. The largest absolute Gasteiger partial charge is 0.478 e. The minimum Gasteiger partial charge on any atom is -0.478 e. The van der Waals surface area contributed by atoms with Gasteiger partial charge in [0.1, 0.15) is 5.82 Å². The van der Waals surface area contributed by atoms with Crippen LogP contribution in [-0.4, -0.2) is 16.2 Å². The highest BCUT2D eigenvalue weighted by atomic mass is 35.5. The molecule has 0 amide bonds. The molecule has 1 aromatic carbocycles. The molecule has 0 N–H and O–H groups in total. The Hall–Kier alpha value is -2.40. The van der Waals surface area contributed by atoms with Crippen molar-refractivity contribution < 1.29 is 9.13 Å². The van der Waals surface area contributed by atoms with E-state index < -0.39 is 5.82 Å². The molecule has 0 saturated heterocycles. The Bertz CT molecular complexity index is 968. The van der Waals surface area contributed by atoms with Crippen molar-refractivity contribution in [3.8, 4) is 11.6 Å². The van der Waals surface area contributed by atoms with Crippen molar-refractivity contribution in [1.82, 2.24) is 9.55 Å². The van der Waals surface area contributed by atoms with Crippen LogP contribution >= 0.6 is 11.6 Å². The summed E-state index contributed by atoms with van der Waals surface area (Å²) < 4.78 is 20.8. The second-order valence-corrected chi connectivity index (χ2v) is 5.43. The molecule has 6 heteroatoms. The lowest BCUT2D eigenvalue weighted by atomic mass is 10.1. The molecule has 0 unspecified atom stereocenters. The van der Waals surface area contributed by atoms with Gasteiger partial charge in [-0.15, -0.1) is 0 Å². The van der Waals surface area contributed by atoms with Crippen LogP contribution in [0.5, 0.6) is 5.88 Å². The average molecular weight is 317 g/mol. The van der Waals surface area contributed by atoms with Crippen molar-refractivity contribution in [2.75, 3.05) is 6.61 Å². The summed E-state index contributed by atoms with van der Waals surface area (Å²) in [6.07, 6.45) is 2.15. The van der Waals surface area contributed by atoms with Crippen LogP contribution in [0, 0.1) is 5.82 Å². The van der Waals surface area contributed by atoms with Crippen LogP contribution in [0.25, 0.3) is 16.7 Å². The van der Waals surface area contributed by atoms with Crippen molar-refractivity contribution in [2.45, 2.75) is 6.42 Å². The van der Waals surface area contributed by atoms with Crippen LogP contribution in [0.4, 0.5) is 4.39 Å². The van der Waals surface area contributed by atoms with E-state index in [0.29, 0.717) is 41.2 Å². The van der Waals surface area contributed by atoms with Gasteiger partial charge in [-0.25, -0.2) is 9.37 Å². The van der Waals surface area contributed by atoms with Gasteiger partial charge in [0.25, 0.3) is 0 Å². The maximum atomic E-state index is 13.4. The molecule has 4 nitrogen and oxygen atoms in total. The van der Waals surface area contributed by atoms with Gasteiger partial charge in [0.15, 0.2) is 11.1 Å². The summed E-state index contributed by atoms with van der Waals surface area (Å²) in [5.41, 5.74) is 1.62. The predicted octanol–water partition coefficient (Wildman–Crippen LogP) is 3.11. The van der Waals surface area contributed by atoms with Gasteiger partial charge in [0, 0.05) is 12.6 Å². The lowest BCUT2D eigenvalue weighted by molar-refractivity contribution is 0.338. The molecule has 0 radical (unpaired) electrons. The molecule has 0 aliphatic carbocycles. The van der Waals surface area contributed by atoms with Crippen LogP contribution in [0.3, 0.4) is 0 Å². The second-order valence-electron chi connectivity index (χ2n) is 5.02. The molecular formula is C16H10ClFN2O2. The van der Waals surface area contributed by atoms with E-state index in [0.717, 1.165) is 0 Å². The van der Waals surface area contributed by atoms with Gasteiger partial charge >= 0.3 is 0 Å².